The van der Waals surface area contributed by atoms with E-state index in [1.54, 1.807) is 0 Å². The summed E-state index contributed by atoms with van der Waals surface area (Å²) < 4.78 is 11.5. The Balaban J connectivity index is 1.60. The summed E-state index contributed by atoms with van der Waals surface area (Å²) >= 11 is 0. The van der Waals surface area contributed by atoms with Gasteiger partial charge in [-0.25, -0.2) is 0 Å². The van der Waals surface area contributed by atoms with Crippen LogP contribution in [0.25, 0.3) is 0 Å². The van der Waals surface area contributed by atoms with Crippen LogP contribution in [0.2, 0.25) is 0 Å². The lowest BCUT2D eigenvalue weighted by Gasteiger charge is -2.48. The second-order valence-corrected chi connectivity index (χ2v) is 5.68. The minimum absolute atomic E-state index is 0.0974. The average Bonchev–Trinajstić information content (AvgIpc) is 2.79. The fraction of sp³-hybridized carbons (Fsp3) is 1.00. The van der Waals surface area contributed by atoms with Crippen molar-refractivity contribution >= 4 is 0 Å². The largest absolute Gasteiger partial charge is 0.390 e. The molecule has 2 saturated heterocycles. The second-order valence-electron chi connectivity index (χ2n) is 5.68. The minimum atomic E-state index is -0.260. The van der Waals surface area contributed by atoms with E-state index in [-0.39, 0.29) is 17.8 Å². The van der Waals surface area contributed by atoms with Crippen LogP contribution in [-0.4, -0.2) is 36.1 Å². The van der Waals surface area contributed by atoms with E-state index in [4.69, 9.17) is 9.47 Å². The predicted molar refractivity (Wildman–Crippen MR) is 60.2 cm³/mol. The zero-order chi connectivity index (χ0) is 11.0. The number of ether oxygens (including phenoxy) is 2. The molecule has 1 spiro atoms. The van der Waals surface area contributed by atoms with E-state index in [1.807, 2.05) is 0 Å². The van der Waals surface area contributed by atoms with Crippen molar-refractivity contribution in [2.45, 2.75) is 62.8 Å². The van der Waals surface area contributed by atoms with Crippen molar-refractivity contribution in [3.63, 3.8) is 0 Å². The van der Waals surface area contributed by atoms with Crippen LogP contribution in [0.4, 0.5) is 0 Å². The van der Waals surface area contributed by atoms with Crippen LogP contribution in [-0.2, 0) is 9.47 Å². The number of aliphatic hydroxyl groups excluding tert-OH is 1. The van der Waals surface area contributed by atoms with Crippen LogP contribution in [0.15, 0.2) is 0 Å². The Morgan fingerprint density at radius 2 is 2.00 bits per heavy atom. The van der Waals surface area contributed by atoms with Crippen LogP contribution in [0.1, 0.15) is 44.9 Å². The van der Waals surface area contributed by atoms with Gasteiger partial charge in [-0.2, -0.15) is 0 Å². The van der Waals surface area contributed by atoms with E-state index < -0.39 is 0 Å². The normalized spacial score (nSPS) is 39.6. The molecule has 0 aromatic heterocycles. The lowest BCUT2D eigenvalue weighted by Crippen LogP contribution is -2.49. The summed E-state index contributed by atoms with van der Waals surface area (Å²) in [6, 6.07) is 0. The van der Waals surface area contributed by atoms with Gasteiger partial charge >= 0.3 is 0 Å². The molecule has 3 heteroatoms. The highest BCUT2D eigenvalue weighted by Crippen LogP contribution is 2.45. The Bertz CT molecular complexity index is 244. The van der Waals surface area contributed by atoms with E-state index in [0.717, 1.165) is 38.9 Å². The highest BCUT2D eigenvalue weighted by atomic mass is 16.5. The lowest BCUT2D eigenvalue weighted by molar-refractivity contribution is -0.166. The fourth-order valence-corrected chi connectivity index (χ4v) is 3.45. The first-order valence-electron chi connectivity index (χ1n) is 6.73. The average molecular weight is 226 g/mol. The highest BCUT2D eigenvalue weighted by Gasteiger charge is 2.45. The van der Waals surface area contributed by atoms with Crippen molar-refractivity contribution < 1.29 is 14.6 Å². The van der Waals surface area contributed by atoms with Crippen molar-refractivity contribution in [2.24, 2.45) is 5.92 Å². The third-order valence-corrected chi connectivity index (χ3v) is 4.62. The van der Waals surface area contributed by atoms with E-state index in [2.05, 4.69) is 0 Å². The fourth-order valence-electron chi connectivity index (χ4n) is 3.45. The Morgan fingerprint density at radius 3 is 2.62 bits per heavy atom. The Kier molecular flexibility index (Phi) is 2.94. The molecule has 0 radical (unpaired) electrons. The molecular formula is C13H22O3. The highest BCUT2D eigenvalue weighted by molar-refractivity contribution is 4.96. The summed E-state index contributed by atoms with van der Waals surface area (Å²) in [4.78, 5) is 0. The minimum Gasteiger partial charge on any atom is -0.390 e. The first-order chi connectivity index (χ1) is 7.79. The molecule has 0 aromatic carbocycles. The maximum atomic E-state index is 10.3. The summed E-state index contributed by atoms with van der Waals surface area (Å²) in [5.74, 6) is 0.400. The first-order valence-corrected chi connectivity index (χ1v) is 6.73. The van der Waals surface area contributed by atoms with Gasteiger partial charge in [0.25, 0.3) is 0 Å². The Hall–Kier alpha value is -0.120. The Morgan fingerprint density at radius 1 is 1.12 bits per heavy atom. The van der Waals surface area contributed by atoms with Crippen LogP contribution in [0.5, 0.6) is 0 Å². The first kappa shape index (κ1) is 11.0. The monoisotopic (exact) mass is 226 g/mol. The van der Waals surface area contributed by atoms with E-state index >= 15 is 0 Å². The van der Waals surface area contributed by atoms with Gasteiger partial charge in [0.05, 0.1) is 17.8 Å². The molecule has 1 saturated carbocycles. The zero-order valence-corrected chi connectivity index (χ0v) is 9.86. The van der Waals surface area contributed by atoms with Gasteiger partial charge in [-0.3, -0.25) is 0 Å². The predicted octanol–water partition coefficient (Wildman–Crippen LogP) is 1.88. The van der Waals surface area contributed by atoms with Crippen LogP contribution >= 0.6 is 0 Å². The number of aliphatic hydroxyl groups is 1. The molecule has 3 nitrogen and oxygen atoms in total. The van der Waals surface area contributed by atoms with Crippen LogP contribution < -0.4 is 0 Å². The van der Waals surface area contributed by atoms with Crippen molar-refractivity contribution in [3.8, 4) is 0 Å². The number of hydrogen-bond donors (Lipinski definition) is 1. The molecule has 2 heterocycles. The zero-order valence-electron chi connectivity index (χ0n) is 9.86. The standard InChI is InChI=1S/C13H22O3/c14-12(11-3-1-7-15-11)10-4-8-16-13(9-10)5-2-6-13/h10-12,14H,1-9H2. The molecule has 0 amide bonds. The van der Waals surface area contributed by atoms with E-state index in [1.165, 1.54) is 19.3 Å². The SMILES string of the molecule is OC(C1CCOC2(CCC2)C1)C1CCCO1. The van der Waals surface area contributed by atoms with Crippen molar-refractivity contribution in [2.75, 3.05) is 13.2 Å². The molecule has 92 valence electrons. The molecule has 16 heavy (non-hydrogen) atoms. The maximum Gasteiger partial charge on any atom is 0.0837 e. The van der Waals surface area contributed by atoms with Crippen LogP contribution in [0.3, 0.4) is 0 Å². The molecular weight excluding hydrogens is 204 g/mol. The van der Waals surface area contributed by atoms with Gasteiger partial charge in [0, 0.05) is 13.2 Å². The van der Waals surface area contributed by atoms with E-state index in [9.17, 15) is 5.11 Å². The molecule has 3 unspecified atom stereocenters. The topological polar surface area (TPSA) is 38.7 Å². The summed E-state index contributed by atoms with van der Waals surface area (Å²) in [5, 5.41) is 10.3. The summed E-state index contributed by atoms with van der Waals surface area (Å²) in [7, 11) is 0. The third kappa shape index (κ3) is 1.89. The quantitative estimate of drug-likeness (QED) is 0.781. The molecule has 3 atom stereocenters. The molecule has 2 aliphatic heterocycles. The third-order valence-electron chi connectivity index (χ3n) is 4.62. The van der Waals surface area contributed by atoms with Gasteiger partial charge in [0.2, 0.25) is 0 Å². The van der Waals surface area contributed by atoms with Gasteiger partial charge in [-0.05, 0) is 50.9 Å². The Labute approximate surface area is 97.1 Å². The maximum absolute atomic E-state index is 10.3. The van der Waals surface area contributed by atoms with Crippen molar-refractivity contribution in [3.05, 3.63) is 0 Å². The van der Waals surface area contributed by atoms with Crippen molar-refractivity contribution in [1.29, 1.82) is 0 Å². The van der Waals surface area contributed by atoms with Gasteiger partial charge in [-0.1, -0.05) is 0 Å². The van der Waals surface area contributed by atoms with Gasteiger partial charge in [-0.15, -0.1) is 0 Å². The van der Waals surface area contributed by atoms with E-state index in [0.29, 0.717) is 5.92 Å². The molecule has 1 aliphatic carbocycles. The number of rotatable bonds is 2. The molecule has 3 fully saturated rings. The summed E-state index contributed by atoms with van der Waals surface area (Å²) in [5.41, 5.74) is 0.141. The molecule has 3 rings (SSSR count). The van der Waals surface area contributed by atoms with Gasteiger partial charge < -0.3 is 14.6 Å². The molecule has 3 aliphatic rings. The van der Waals surface area contributed by atoms with Crippen molar-refractivity contribution in [1.82, 2.24) is 0 Å². The van der Waals surface area contributed by atoms with Crippen LogP contribution in [0, 0.1) is 5.92 Å². The smallest absolute Gasteiger partial charge is 0.0837 e. The molecule has 0 bridgehead atoms. The summed E-state index contributed by atoms with van der Waals surface area (Å²) in [6.45, 7) is 1.66. The summed E-state index contributed by atoms with van der Waals surface area (Å²) in [6.07, 6.45) is 7.72. The molecule has 0 aromatic rings. The second kappa shape index (κ2) is 4.28. The van der Waals surface area contributed by atoms with Gasteiger partial charge in [0.1, 0.15) is 0 Å². The van der Waals surface area contributed by atoms with Gasteiger partial charge in [0.15, 0.2) is 0 Å². The lowest BCUT2D eigenvalue weighted by atomic mass is 9.70. The molecule has 1 N–H and O–H groups in total. The number of hydrogen-bond acceptors (Lipinski definition) is 3.